The molecule has 0 fully saturated rings. The maximum Gasteiger partial charge on any atom is 0.308 e. The third-order valence-corrected chi connectivity index (χ3v) is 3.68. The van der Waals surface area contributed by atoms with E-state index in [2.05, 4.69) is 9.97 Å². The maximum atomic E-state index is 12.0. The molecule has 0 spiro atoms. The van der Waals surface area contributed by atoms with E-state index in [4.69, 9.17) is 9.84 Å². The van der Waals surface area contributed by atoms with Crippen molar-refractivity contribution < 1.29 is 14.6 Å². The topological polar surface area (TPSA) is 92.3 Å². The number of nitrogens with zero attached hydrogens (tertiary/aromatic N) is 1. The summed E-state index contributed by atoms with van der Waals surface area (Å²) in [5.74, 6) is 0.165. The minimum absolute atomic E-state index is 0.175. The zero-order valence-corrected chi connectivity index (χ0v) is 13.1. The van der Waals surface area contributed by atoms with Crippen LogP contribution in [0, 0.1) is 6.92 Å². The third kappa shape index (κ3) is 3.43. The zero-order chi connectivity index (χ0) is 17.1. The first-order valence-corrected chi connectivity index (χ1v) is 7.45. The van der Waals surface area contributed by atoms with Gasteiger partial charge in [0, 0.05) is 16.8 Å². The van der Waals surface area contributed by atoms with Crippen LogP contribution in [0.3, 0.4) is 0 Å². The molecule has 1 aliphatic heterocycles. The summed E-state index contributed by atoms with van der Waals surface area (Å²) >= 11 is 0. The average molecular weight is 324 g/mol. The molecule has 6 heteroatoms. The smallest absolute Gasteiger partial charge is 0.308 e. The number of ether oxygens (including phenoxy) is 1. The molecule has 0 radical (unpaired) electrons. The SMILES string of the molecule is Cc1nc(/C=C/C2=Cc3ccccc3OC2)[nH]c(=O)c1CC(=O)O. The molecule has 6 nitrogen and oxygen atoms in total. The van der Waals surface area contributed by atoms with Crippen molar-refractivity contribution in [3.8, 4) is 5.75 Å². The third-order valence-electron chi connectivity index (χ3n) is 3.68. The van der Waals surface area contributed by atoms with Crippen LogP contribution in [0.2, 0.25) is 0 Å². The lowest BCUT2D eigenvalue weighted by Crippen LogP contribution is -2.20. The van der Waals surface area contributed by atoms with E-state index in [1.54, 1.807) is 13.0 Å². The van der Waals surface area contributed by atoms with Crippen molar-refractivity contribution >= 4 is 18.1 Å². The molecule has 2 N–H and O–H groups in total. The number of rotatable bonds is 4. The van der Waals surface area contributed by atoms with Gasteiger partial charge < -0.3 is 14.8 Å². The molecule has 1 aromatic carbocycles. The molecule has 2 heterocycles. The molecule has 0 amide bonds. The van der Waals surface area contributed by atoms with Gasteiger partial charge >= 0.3 is 5.97 Å². The Kier molecular flexibility index (Phi) is 4.29. The highest BCUT2D eigenvalue weighted by molar-refractivity contribution is 5.70. The zero-order valence-electron chi connectivity index (χ0n) is 13.1. The number of fused-ring (bicyclic) bond motifs is 1. The van der Waals surface area contributed by atoms with Gasteiger partial charge in [0.05, 0.1) is 6.42 Å². The second kappa shape index (κ2) is 6.54. The van der Waals surface area contributed by atoms with E-state index < -0.39 is 11.5 Å². The van der Waals surface area contributed by atoms with E-state index in [1.807, 2.05) is 36.4 Å². The van der Waals surface area contributed by atoms with Crippen LogP contribution < -0.4 is 10.3 Å². The van der Waals surface area contributed by atoms with Gasteiger partial charge in [-0.2, -0.15) is 0 Å². The maximum absolute atomic E-state index is 12.0. The minimum atomic E-state index is -1.06. The molecule has 0 unspecified atom stereocenters. The Morgan fingerprint density at radius 2 is 2.17 bits per heavy atom. The van der Waals surface area contributed by atoms with Gasteiger partial charge in [0.1, 0.15) is 18.2 Å². The highest BCUT2D eigenvalue weighted by Crippen LogP contribution is 2.26. The molecule has 24 heavy (non-hydrogen) atoms. The van der Waals surface area contributed by atoms with Crippen molar-refractivity contribution in [1.82, 2.24) is 9.97 Å². The number of aromatic amines is 1. The molecule has 0 saturated heterocycles. The van der Waals surface area contributed by atoms with Crippen molar-refractivity contribution in [3.63, 3.8) is 0 Å². The molecular weight excluding hydrogens is 308 g/mol. The monoisotopic (exact) mass is 324 g/mol. The van der Waals surface area contributed by atoms with Crippen molar-refractivity contribution in [2.24, 2.45) is 0 Å². The Hall–Kier alpha value is -3.15. The quantitative estimate of drug-likeness (QED) is 0.899. The number of carbonyl (C=O) groups is 1. The predicted molar refractivity (Wildman–Crippen MR) is 89.9 cm³/mol. The van der Waals surface area contributed by atoms with Crippen LogP contribution in [-0.2, 0) is 11.2 Å². The molecular formula is C18H16N2O4. The number of hydrogen-bond acceptors (Lipinski definition) is 4. The van der Waals surface area contributed by atoms with Crippen LogP contribution in [0.4, 0.5) is 0 Å². The van der Waals surface area contributed by atoms with E-state index >= 15 is 0 Å². The average Bonchev–Trinajstić information content (AvgIpc) is 2.56. The molecule has 0 atom stereocenters. The summed E-state index contributed by atoms with van der Waals surface area (Å²) in [7, 11) is 0. The summed E-state index contributed by atoms with van der Waals surface area (Å²) < 4.78 is 5.66. The van der Waals surface area contributed by atoms with Crippen LogP contribution in [0.5, 0.6) is 5.75 Å². The van der Waals surface area contributed by atoms with Crippen LogP contribution in [0.1, 0.15) is 22.6 Å². The second-order valence-corrected chi connectivity index (χ2v) is 5.46. The molecule has 122 valence electrons. The fraction of sp³-hybridized carbons (Fsp3) is 0.167. The van der Waals surface area contributed by atoms with Crippen molar-refractivity contribution in [2.75, 3.05) is 6.61 Å². The Morgan fingerprint density at radius 3 is 2.92 bits per heavy atom. The van der Waals surface area contributed by atoms with Crippen LogP contribution >= 0.6 is 0 Å². The number of carboxylic acids is 1. The van der Waals surface area contributed by atoms with Gasteiger partial charge in [-0.25, -0.2) is 4.98 Å². The summed E-state index contributed by atoms with van der Waals surface area (Å²) in [6.45, 7) is 2.07. The Bertz CT molecular complexity index is 909. The molecule has 0 bridgehead atoms. The molecule has 1 aliphatic rings. The van der Waals surface area contributed by atoms with E-state index in [9.17, 15) is 9.59 Å². The predicted octanol–water partition coefficient (Wildman–Crippen LogP) is 2.19. The fourth-order valence-corrected chi connectivity index (χ4v) is 2.49. The van der Waals surface area contributed by atoms with Crippen LogP contribution in [0.15, 0.2) is 40.7 Å². The molecule has 0 aliphatic carbocycles. The Morgan fingerprint density at radius 1 is 1.38 bits per heavy atom. The van der Waals surface area contributed by atoms with Gasteiger partial charge in [-0.15, -0.1) is 0 Å². The lowest BCUT2D eigenvalue weighted by Gasteiger charge is -2.15. The minimum Gasteiger partial charge on any atom is -0.488 e. The van der Waals surface area contributed by atoms with Crippen LogP contribution in [0.25, 0.3) is 12.2 Å². The first-order chi connectivity index (χ1) is 11.5. The Balaban J connectivity index is 1.84. The van der Waals surface area contributed by atoms with E-state index in [0.717, 1.165) is 16.9 Å². The number of hydrogen-bond donors (Lipinski definition) is 2. The second-order valence-electron chi connectivity index (χ2n) is 5.46. The molecule has 0 saturated carbocycles. The van der Waals surface area contributed by atoms with E-state index in [1.165, 1.54) is 0 Å². The fourth-order valence-electron chi connectivity index (χ4n) is 2.49. The van der Waals surface area contributed by atoms with Gasteiger partial charge in [-0.1, -0.05) is 24.3 Å². The first kappa shape index (κ1) is 15.7. The van der Waals surface area contributed by atoms with E-state index in [-0.39, 0.29) is 12.0 Å². The lowest BCUT2D eigenvalue weighted by atomic mass is 10.1. The summed E-state index contributed by atoms with van der Waals surface area (Å²) in [6, 6.07) is 7.74. The normalized spacial score (nSPS) is 13.3. The van der Waals surface area contributed by atoms with Gasteiger partial charge in [0.25, 0.3) is 5.56 Å². The molecule has 2 aromatic rings. The van der Waals surface area contributed by atoms with Gasteiger partial charge in [-0.05, 0) is 30.7 Å². The number of nitrogens with one attached hydrogen (secondary N) is 1. The lowest BCUT2D eigenvalue weighted by molar-refractivity contribution is -0.136. The number of aliphatic carboxylic acids is 1. The largest absolute Gasteiger partial charge is 0.488 e. The number of H-pyrrole nitrogens is 1. The van der Waals surface area contributed by atoms with Gasteiger partial charge in [0.15, 0.2) is 0 Å². The van der Waals surface area contributed by atoms with Crippen molar-refractivity contribution in [3.05, 3.63) is 68.9 Å². The van der Waals surface area contributed by atoms with Crippen molar-refractivity contribution in [2.45, 2.75) is 13.3 Å². The number of carboxylic acid groups (broad SMARTS) is 1. The molecule has 3 rings (SSSR count). The first-order valence-electron chi connectivity index (χ1n) is 7.45. The number of para-hydroxylation sites is 1. The highest BCUT2D eigenvalue weighted by Gasteiger charge is 2.11. The summed E-state index contributed by atoms with van der Waals surface area (Å²) in [6.07, 6.45) is 5.18. The van der Waals surface area contributed by atoms with Crippen LogP contribution in [-0.4, -0.2) is 27.7 Å². The number of aromatic nitrogens is 2. The number of benzene rings is 1. The Labute approximate surface area is 138 Å². The number of aryl methyl sites for hydroxylation is 1. The van der Waals surface area contributed by atoms with Gasteiger partial charge in [0.2, 0.25) is 0 Å². The summed E-state index contributed by atoms with van der Waals surface area (Å²) in [4.78, 5) is 29.6. The standard InChI is InChI=1S/C18H16N2O4/c1-11-14(9-17(21)22)18(23)20-16(19-11)7-6-12-8-13-4-2-3-5-15(13)24-10-12/h2-8H,9-10H2,1H3,(H,21,22)(H,19,20,23)/b7-6+. The summed E-state index contributed by atoms with van der Waals surface area (Å²) in [5, 5.41) is 8.82. The van der Waals surface area contributed by atoms with E-state index in [0.29, 0.717) is 18.1 Å². The van der Waals surface area contributed by atoms with Crippen molar-refractivity contribution in [1.29, 1.82) is 0 Å². The summed E-state index contributed by atoms with van der Waals surface area (Å²) in [5.41, 5.74) is 2.11. The molecule has 1 aromatic heterocycles. The highest BCUT2D eigenvalue weighted by atomic mass is 16.5. The van der Waals surface area contributed by atoms with Gasteiger partial charge in [-0.3, -0.25) is 9.59 Å².